The van der Waals surface area contributed by atoms with Crippen molar-refractivity contribution in [2.24, 2.45) is 0 Å². The molecule has 4 heterocycles. The van der Waals surface area contributed by atoms with Crippen molar-refractivity contribution in [3.05, 3.63) is 55.4 Å². The van der Waals surface area contributed by atoms with Crippen LogP contribution < -0.4 is 16.6 Å². The second-order valence-corrected chi connectivity index (χ2v) is 9.28. The molecule has 0 unspecified atom stereocenters. The number of carbonyl (C=O) groups is 1. The summed E-state index contributed by atoms with van der Waals surface area (Å²) in [6.07, 6.45) is 1.70. The third-order valence-corrected chi connectivity index (χ3v) is 7.00. The molecule has 0 spiro atoms. The largest absolute Gasteiger partial charge is 0.419 e. The number of nitrogens with zero attached hydrogens (tertiary/aromatic N) is 4. The van der Waals surface area contributed by atoms with Crippen molar-refractivity contribution in [3.8, 4) is 0 Å². The lowest BCUT2D eigenvalue weighted by Gasteiger charge is -2.10. The van der Waals surface area contributed by atoms with E-state index in [1.165, 1.54) is 11.3 Å². The Hall–Kier alpha value is -3.24. The number of thiophene rings is 1. The van der Waals surface area contributed by atoms with Gasteiger partial charge in [0.25, 0.3) is 11.5 Å². The number of aryl methyl sites for hydroxylation is 2. The molecule has 4 aromatic rings. The van der Waals surface area contributed by atoms with E-state index in [2.05, 4.69) is 10.3 Å². The first-order chi connectivity index (χ1) is 15.3. The first-order valence-electron chi connectivity index (χ1n) is 10.5. The van der Waals surface area contributed by atoms with E-state index in [1.807, 2.05) is 19.0 Å². The second-order valence-electron chi connectivity index (χ2n) is 8.28. The fraction of sp³-hybridized carbons (Fsp3) is 0.364. The third kappa shape index (κ3) is 3.35. The number of aromatic nitrogens is 3. The first-order valence-corrected chi connectivity index (χ1v) is 11.3. The summed E-state index contributed by atoms with van der Waals surface area (Å²) >= 11 is 1.24. The van der Waals surface area contributed by atoms with Gasteiger partial charge in [-0.25, -0.2) is 9.78 Å². The number of amides is 1. The summed E-state index contributed by atoms with van der Waals surface area (Å²) in [6, 6.07) is 5.11. The fourth-order valence-corrected chi connectivity index (χ4v) is 5.22. The molecule has 9 nitrogen and oxygen atoms in total. The quantitative estimate of drug-likeness (QED) is 0.498. The van der Waals surface area contributed by atoms with Crippen molar-refractivity contribution in [2.75, 3.05) is 26.0 Å². The van der Waals surface area contributed by atoms with Gasteiger partial charge in [0.1, 0.15) is 10.7 Å². The van der Waals surface area contributed by atoms with Crippen LogP contribution in [0.5, 0.6) is 0 Å². The SMILES string of the molecule is Cc1c(C(=O)Nc2ccc3oc(=O)n(CCN(C)C)c3c2)sc2nc3n(c(=O)c12)CCC3. The van der Waals surface area contributed by atoms with Crippen molar-refractivity contribution in [1.29, 1.82) is 0 Å². The highest BCUT2D eigenvalue weighted by Gasteiger charge is 2.23. The van der Waals surface area contributed by atoms with E-state index in [1.54, 1.807) is 34.3 Å². The Morgan fingerprint density at radius 2 is 2.12 bits per heavy atom. The Morgan fingerprint density at radius 1 is 1.31 bits per heavy atom. The molecule has 10 heteroatoms. The second kappa shape index (κ2) is 7.72. The van der Waals surface area contributed by atoms with Crippen molar-refractivity contribution < 1.29 is 9.21 Å². The third-order valence-electron chi connectivity index (χ3n) is 5.81. The Balaban J connectivity index is 1.48. The van der Waals surface area contributed by atoms with Crippen LogP contribution in [0.25, 0.3) is 21.3 Å². The molecule has 1 aliphatic rings. The molecule has 32 heavy (non-hydrogen) atoms. The van der Waals surface area contributed by atoms with Gasteiger partial charge in [-0.3, -0.25) is 18.7 Å². The summed E-state index contributed by atoms with van der Waals surface area (Å²) < 4.78 is 8.59. The van der Waals surface area contributed by atoms with Crippen molar-refractivity contribution in [1.82, 2.24) is 19.0 Å². The Bertz CT molecular complexity index is 1490. The minimum absolute atomic E-state index is 0.0694. The predicted molar refractivity (Wildman–Crippen MR) is 124 cm³/mol. The van der Waals surface area contributed by atoms with Crippen LogP contribution in [0.15, 0.2) is 32.2 Å². The van der Waals surface area contributed by atoms with Crippen LogP contribution in [-0.4, -0.2) is 45.6 Å². The summed E-state index contributed by atoms with van der Waals surface area (Å²) in [6.45, 7) is 3.62. The topological polar surface area (TPSA) is 102 Å². The highest BCUT2D eigenvalue weighted by Crippen LogP contribution is 2.29. The number of likely N-dealkylation sites (N-methyl/N-ethyl adjacent to an activating group) is 1. The summed E-state index contributed by atoms with van der Waals surface area (Å²) in [5, 5.41) is 3.42. The lowest BCUT2D eigenvalue weighted by Crippen LogP contribution is -2.23. The van der Waals surface area contributed by atoms with E-state index in [0.717, 1.165) is 18.7 Å². The van der Waals surface area contributed by atoms with Gasteiger partial charge in [-0.15, -0.1) is 11.3 Å². The van der Waals surface area contributed by atoms with Gasteiger partial charge in [-0.2, -0.15) is 0 Å². The van der Waals surface area contributed by atoms with Gasteiger partial charge in [-0.05, 0) is 51.2 Å². The number of fused-ring (bicyclic) bond motifs is 3. The van der Waals surface area contributed by atoms with Crippen LogP contribution in [0.2, 0.25) is 0 Å². The molecule has 3 aromatic heterocycles. The number of nitrogens with one attached hydrogen (secondary N) is 1. The molecule has 0 fully saturated rings. The van der Waals surface area contributed by atoms with Gasteiger partial charge in [0, 0.05) is 31.7 Å². The molecule has 0 bridgehead atoms. The number of anilines is 1. The van der Waals surface area contributed by atoms with Crippen LogP contribution in [-0.2, 0) is 19.5 Å². The van der Waals surface area contributed by atoms with Gasteiger partial charge in [0.15, 0.2) is 5.58 Å². The molecule has 0 radical (unpaired) electrons. The summed E-state index contributed by atoms with van der Waals surface area (Å²) in [4.78, 5) is 45.9. The van der Waals surface area contributed by atoms with Crippen LogP contribution >= 0.6 is 11.3 Å². The van der Waals surface area contributed by atoms with Crippen molar-refractivity contribution in [3.63, 3.8) is 0 Å². The maximum atomic E-state index is 13.1. The lowest BCUT2D eigenvalue weighted by atomic mass is 10.2. The van der Waals surface area contributed by atoms with Crippen LogP contribution in [0.1, 0.15) is 27.5 Å². The Labute approximate surface area is 186 Å². The normalized spacial score (nSPS) is 13.4. The van der Waals surface area contributed by atoms with Crippen LogP contribution in [0.4, 0.5) is 5.69 Å². The highest BCUT2D eigenvalue weighted by molar-refractivity contribution is 7.20. The van der Waals surface area contributed by atoms with Crippen molar-refractivity contribution >= 4 is 44.2 Å². The van der Waals surface area contributed by atoms with Gasteiger partial charge in [-0.1, -0.05) is 0 Å². The molecular weight excluding hydrogens is 430 g/mol. The highest BCUT2D eigenvalue weighted by atomic mass is 32.1. The van der Waals surface area contributed by atoms with Gasteiger partial charge in [0.2, 0.25) is 0 Å². The molecule has 5 rings (SSSR count). The minimum atomic E-state index is -0.426. The maximum absolute atomic E-state index is 13.1. The van der Waals surface area contributed by atoms with Gasteiger partial charge >= 0.3 is 5.76 Å². The monoisotopic (exact) mass is 453 g/mol. The molecule has 0 saturated heterocycles. The van der Waals surface area contributed by atoms with Crippen LogP contribution in [0.3, 0.4) is 0 Å². The van der Waals surface area contributed by atoms with E-state index in [4.69, 9.17) is 4.42 Å². The fourth-order valence-electron chi connectivity index (χ4n) is 4.13. The molecule has 1 amide bonds. The minimum Gasteiger partial charge on any atom is -0.408 e. The van der Waals surface area contributed by atoms with Crippen LogP contribution in [0, 0.1) is 6.92 Å². The average Bonchev–Trinajstić information content (AvgIpc) is 3.42. The van der Waals surface area contributed by atoms with E-state index in [-0.39, 0.29) is 11.5 Å². The molecule has 1 aromatic carbocycles. The first kappa shape index (κ1) is 20.7. The summed E-state index contributed by atoms with van der Waals surface area (Å²) in [7, 11) is 3.86. The molecular formula is C22H23N5O4S. The Kier molecular flexibility index (Phi) is 4.98. The molecule has 166 valence electrons. The lowest BCUT2D eigenvalue weighted by molar-refractivity contribution is 0.103. The zero-order valence-electron chi connectivity index (χ0n) is 18.1. The molecule has 0 saturated carbocycles. The number of hydrogen-bond acceptors (Lipinski definition) is 7. The zero-order chi connectivity index (χ0) is 22.6. The molecule has 1 aliphatic heterocycles. The Morgan fingerprint density at radius 3 is 2.91 bits per heavy atom. The average molecular weight is 454 g/mol. The van der Waals surface area contributed by atoms with Gasteiger partial charge in [0.05, 0.1) is 15.8 Å². The maximum Gasteiger partial charge on any atom is 0.419 e. The smallest absolute Gasteiger partial charge is 0.408 e. The zero-order valence-corrected chi connectivity index (χ0v) is 18.9. The number of hydrogen-bond donors (Lipinski definition) is 1. The summed E-state index contributed by atoms with van der Waals surface area (Å²) in [5.41, 5.74) is 2.22. The standard InChI is InChI=1S/C22H23N5O4S/c1-12-17-20(24-16-5-4-8-27(16)21(17)29)32-18(12)19(28)23-13-6-7-15-14(11-13)26(22(30)31-15)10-9-25(2)3/h6-7,11H,4-5,8-10H2,1-3H3,(H,23,28). The predicted octanol–water partition coefficient (Wildman–Crippen LogP) is 2.43. The number of carbonyl (C=O) groups excluding carboxylic acids is 1. The van der Waals surface area contributed by atoms with Crippen molar-refractivity contribution in [2.45, 2.75) is 32.9 Å². The van der Waals surface area contributed by atoms with E-state index in [0.29, 0.717) is 57.1 Å². The van der Waals surface area contributed by atoms with E-state index in [9.17, 15) is 14.4 Å². The molecule has 0 aliphatic carbocycles. The number of oxazole rings is 1. The van der Waals surface area contributed by atoms with E-state index >= 15 is 0 Å². The number of rotatable bonds is 5. The molecule has 1 N–H and O–H groups in total. The molecule has 0 atom stereocenters. The van der Waals surface area contributed by atoms with Gasteiger partial charge < -0.3 is 14.6 Å². The van der Waals surface area contributed by atoms with E-state index < -0.39 is 5.76 Å². The number of benzene rings is 1. The summed E-state index contributed by atoms with van der Waals surface area (Å²) in [5.74, 6) is 0.0576.